The van der Waals surface area contributed by atoms with Crippen molar-refractivity contribution in [3.05, 3.63) is 23.8 Å². The molecule has 0 bridgehead atoms. The van der Waals surface area contributed by atoms with Gasteiger partial charge in [0.1, 0.15) is 0 Å². The highest BCUT2D eigenvalue weighted by atomic mass is 32.2. The number of nitrogens with one attached hydrogen (secondary N) is 1. The van der Waals surface area contributed by atoms with E-state index in [4.69, 9.17) is 0 Å². The number of carbonyl (C=O) groups is 1. The molecule has 2 N–H and O–H groups in total. The van der Waals surface area contributed by atoms with Gasteiger partial charge in [0, 0.05) is 18.4 Å². The van der Waals surface area contributed by atoms with E-state index in [2.05, 4.69) is 12.2 Å². The number of aliphatic hydroxyl groups is 1. The van der Waals surface area contributed by atoms with E-state index in [1.54, 1.807) is 11.8 Å². The zero-order valence-corrected chi connectivity index (χ0v) is 11.3. The van der Waals surface area contributed by atoms with Crippen LogP contribution in [0.4, 0.5) is 0 Å². The molecule has 1 fully saturated rings. The summed E-state index contributed by atoms with van der Waals surface area (Å²) in [6.45, 7) is 4.36. The van der Waals surface area contributed by atoms with Gasteiger partial charge < -0.3 is 10.4 Å². The van der Waals surface area contributed by atoms with E-state index in [0.717, 1.165) is 24.2 Å². The van der Waals surface area contributed by atoms with Crippen molar-refractivity contribution in [2.75, 3.05) is 18.1 Å². The van der Waals surface area contributed by atoms with Gasteiger partial charge in [-0.25, -0.2) is 0 Å². The maximum atomic E-state index is 11.5. The van der Waals surface area contributed by atoms with Crippen LogP contribution in [0.2, 0.25) is 0 Å². The molecule has 3 nitrogen and oxygen atoms in total. The first-order valence-electron chi connectivity index (χ1n) is 6.01. The minimum Gasteiger partial charge on any atom is -0.387 e. The van der Waals surface area contributed by atoms with Gasteiger partial charge >= 0.3 is 0 Å². The Balaban J connectivity index is 2.35. The molecule has 1 heterocycles. The van der Waals surface area contributed by atoms with Gasteiger partial charge in [-0.3, -0.25) is 4.79 Å². The fraction of sp³-hybridized carbons (Fsp3) is 0.615. The minimum atomic E-state index is -0.706. The summed E-state index contributed by atoms with van der Waals surface area (Å²) < 4.78 is 0. The predicted molar refractivity (Wildman–Crippen MR) is 73.1 cm³/mol. The van der Waals surface area contributed by atoms with E-state index in [0.29, 0.717) is 12.3 Å². The average Bonchev–Trinajstić information content (AvgIpc) is 2.75. The molecule has 1 amide bonds. The van der Waals surface area contributed by atoms with Crippen molar-refractivity contribution in [1.82, 2.24) is 5.32 Å². The van der Waals surface area contributed by atoms with Gasteiger partial charge in [0.25, 0.3) is 0 Å². The number of hydrogen-bond donors (Lipinski definition) is 2. The lowest BCUT2D eigenvalue weighted by atomic mass is 10.0. The monoisotopic (exact) mass is 255 g/mol. The second kappa shape index (κ2) is 6.87. The van der Waals surface area contributed by atoms with Crippen molar-refractivity contribution in [1.29, 1.82) is 0 Å². The highest BCUT2D eigenvalue weighted by Gasteiger charge is 2.31. The van der Waals surface area contributed by atoms with Crippen molar-refractivity contribution in [2.24, 2.45) is 0 Å². The first-order valence-corrected chi connectivity index (χ1v) is 7.16. The quantitative estimate of drug-likeness (QED) is 0.582. The SMILES string of the molecule is CC=C(C=CC(=O)NCC1(O)CCSC1)CC. The van der Waals surface area contributed by atoms with E-state index in [9.17, 15) is 9.90 Å². The van der Waals surface area contributed by atoms with E-state index in [1.807, 2.05) is 19.1 Å². The van der Waals surface area contributed by atoms with Crippen LogP contribution in [0.25, 0.3) is 0 Å². The molecule has 0 aromatic carbocycles. The molecule has 17 heavy (non-hydrogen) atoms. The molecule has 0 radical (unpaired) electrons. The van der Waals surface area contributed by atoms with Crippen molar-refractivity contribution in [3.63, 3.8) is 0 Å². The van der Waals surface area contributed by atoms with Gasteiger partial charge in [0.15, 0.2) is 0 Å². The van der Waals surface area contributed by atoms with Crippen LogP contribution in [0.3, 0.4) is 0 Å². The zero-order chi connectivity index (χ0) is 12.7. The lowest BCUT2D eigenvalue weighted by Gasteiger charge is -2.20. The van der Waals surface area contributed by atoms with Gasteiger partial charge in [-0.05, 0) is 25.5 Å². The number of amides is 1. The lowest BCUT2D eigenvalue weighted by Crippen LogP contribution is -2.42. The molecule has 4 heteroatoms. The molecule has 1 unspecified atom stereocenters. The zero-order valence-electron chi connectivity index (χ0n) is 10.5. The second-order valence-corrected chi connectivity index (χ2v) is 5.40. The molecule has 1 aliphatic heterocycles. The summed E-state index contributed by atoms with van der Waals surface area (Å²) >= 11 is 1.73. The maximum Gasteiger partial charge on any atom is 0.244 e. The summed E-state index contributed by atoms with van der Waals surface area (Å²) in [5.41, 5.74) is 0.429. The minimum absolute atomic E-state index is 0.136. The largest absolute Gasteiger partial charge is 0.387 e. The van der Waals surface area contributed by atoms with Crippen LogP contribution in [0.15, 0.2) is 23.8 Å². The molecule has 1 saturated heterocycles. The van der Waals surface area contributed by atoms with Crippen LogP contribution in [-0.2, 0) is 4.79 Å². The summed E-state index contributed by atoms with van der Waals surface area (Å²) in [5, 5.41) is 12.8. The van der Waals surface area contributed by atoms with Crippen molar-refractivity contribution in [2.45, 2.75) is 32.3 Å². The molecule has 1 atom stereocenters. The number of hydrogen-bond acceptors (Lipinski definition) is 3. The summed E-state index contributed by atoms with van der Waals surface area (Å²) in [4.78, 5) is 11.5. The van der Waals surface area contributed by atoms with E-state index in [-0.39, 0.29) is 5.91 Å². The summed E-state index contributed by atoms with van der Waals surface area (Å²) in [6, 6.07) is 0. The molecule has 1 rings (SSSR count). The first-order chi connectivity index (χ1) is 8.09. The second-order valence-electron chi connectivity index (χ2n) is 4.30. The van der Waals surface area contributed by atoms with Crippen LogP contribution in [0, 0.1) is 0 Å². The van der Waals surface area contributed by atoms with Gasteiger partial charge in [-0.1, -0.05) is 24.6 Å². The maximum absolute atomic E-state index is 11.5. The van der Waals surface area contributed by atoms with Gasteiger partial charge in [-0.2, -0.15) is 11.8 Å². The molecule has 96 valence electrons. The van der Waals surface area contributed by atoms with Gasteiger partial charge in [-0.15, -0.1) is 0 Å². The molecule has 0 aromatic heterocycles. The smallest absolute Gasteiger partial charge is 0.244 e. The summed E-state index contributed by atoms with van der Waals surface area (Å²) in [6.07, 6.45) is 7.02. The third-order valence-electron chi connectivity index (χ3n) is 2.90. The normalized spacial score (nSPS) is 25.5. The van der Waals surface area contributed by atoms with E-state index < -0.39 is 5.60 Å². The lowest BCUT2D eigenvalue weighted by molar-refractivity contribution is -0.117. The number of thioether (sulfide) groups is 1. The Labute approximate surface area is 107 Å². The Bertz CT molecular complexity index is 317. The summed E-state index contributed by atoms with van der Waals surface area (Å²) in [5.74, 6) is 1.55. The fourth-order valence-electron chi connectivity index (χ4n) is 1.65. The average molecular weight is 255 g/mol. The van der Waals surface area contributed by atoms with Crippen LogP contribution >= 0.6 is 11.8 Å². The fourth-order valence-corrected chi connectivity index (χ4v) is 2.94. The Morgan fingerprint density at radius 3 is 2.82 bits per heavy atom. The molecule has 0 saturated carbocycles. The topological polar surface area (TPSA) is 49.3 Å². The van der Waals surface area contributed by atoms with Crippen molar-refractivity contribution < 1.29 is 9.90 Å². The highest BCUT2D eigenvalue weighted by Crippen LogP contribution is 2.26. The first kappa shape index (κ1) is 14.3. The van der Waals surface area contributed by atoms with Crippen LogP contribution in [0.5, 0.6) is 0 Å². The van der Waals surface area contributed by atoms with Crippen molar-refractivity contribution >= 4 is 17.7 Å². The molecular weight excluding hydrogens is 234 g/mol. The molecule has 0 spiro atoms. The van der Waals surface area contributed by atoms with Crippen LogP contribution < -0.4 is 5.32 Å². The van der Waals surface area contributed by atoms with Gasteiger partial charge in [0.2, 0.25) is 5.91 Å². The van der Waals surface area contributed by atoms with E-state index >= 15 is 0 Å². The van der Waals surface area contributed by atoms with Crippen molar-refractivity contribution in [3.8, 4) is 0 Å². The van der Waals surface area contributed by atoms with Crippen LogP contribution in [0.1, 0.15) is 26.7 Å². The summed E-state index contributed by atoms with van der Waals surface area (Å²) in [7, 11) is 0. The number of allylic oxidation sites excluding steroid dienone is 3. The molecule has 0 aromatic rings. The molecule has 1 aliphatic rings. The third-order valence-corrected chi connectivity index (χ3v) is 4.14. The molecular formula is C13H21NO2S. The Morgan fingerprint density at radius 1 is 1.53 bits per heavy atom. The van der Waals surface area contributed by atoms with E-state index in [1.165, 1.54) is 6.08 Å². The third kappa shape index (κ3) is 4.96. The Hall–Kier alpha value is -0.740. The number of carbonyl (C=O) groups excluding carboxylic acids is 1. The highest BCUT2D eigenvalue weighted by molar-refractivity contribution is 7.99. The standard InChI is InChI=1S/C13H21NO2S/c1-3-11(4-2)5-6-12(15)14-9-13(16)7-8-17-10-13/h3,5-6,16H,4,7-10H2,1-2H3,(H,14,15). The van der Waals surface area contributed by atoms with Gasteiger partial charge in [0.05, 0.1) is 5.60 Å². The Morgan fingerprint density at radius 2 is 2.29 bits per heavy atom. The number of rotatable bonds is 5. The van der Waals surface area contributed by atoms with Crippen LogP contribution in [-0.4, -0.2) is 34.7 Å². The molecule has 0 aliphatic carbocycles. The predicted octanol–water partition coefficient (Wildman–Crippen LogP) is 1.88. The Kier molecular flexibility index (Phi) is 5.78.